The van der Waals surface area contributed by atoms with E-state index in [1.807, 2.05) is 6.07 Å². The molecule has 0 radical (unpaired) electrons. The Bertz CT molecular complexity index is 575. The smallest absolute Gasteiger partial charge is 0.231 e. The normalized spacial score (nSPS) is 33.5. The number of aliphatic hydroxyl groups excluding tert-OH is 2. The molecule has 1 aliphatic carbocycles. The fourth-order valence-corrected chi connectivity index (χ4v) is 4.63. The standard InChI is InChI=1S/C19H27NO4/c1-12(4-13-2-3-18-19(5-13)24-11-23-18)8-20-9-14-6-16(21)17(22)7-15(14)10-20/h2-3,5,12,14-17,21-22H,4,6-11H2,1H3/t12?,14-,15+,16+,17-. The molecule has 2 N–H and O–H groups in total. The van der Waals surface area contributed by atoms with Crippen LogP contribution in [0.15, 0.2) is 18.2 Å². The Morgan fingerprint density at radius 3 is 2.46 bits per heavy atom. The average molecular weight is 333 g/mol. The quantitative estimate of drug-likeness (QED) is 0.877. The van der Waals surface area contributed by atoms with Gasteiger partial charge in [-0.25, -0.2) is 0 Å². The minimum Gasteiger partial charge on any atom is -0.454 e. The Labute approximate surface area is 143 Å². The van der Waals surface area contributed by atoms with Crippen molar-refractivity contribution in [1.82, 2.24) is 4.90 Å². The van der Waals surface area contributed by atoms with Crippen molar-refractivity contribution >= 4 is 0 Å². The molecule has 1 saturated heterocycles. The van der Waals surface area contributed by atoms with E-state index in [1.165, 1.54) is 5.56 Å². The number of benzene rings is 1. The summed E-state index contributed by atoms with van der Waals surface area (Å²) in [4.78, 5) is 2.51. The Morgan fingerprint density at radius 2 is 1.75 bits per heavy atom. The molecule has 5 atom stereocenters. The van der Waals surface area contributed by atoms with Crippen LogP contribution < -0.4 is 9.47 Å². The van der Waals surface area contributed by atoms with Crippen LogP contribution in [-0.4, -0.2) is 53.7 Å². The highest BCUT2D eigenvalue weighted by Gasteiger charge is 2.41. The minimum atomic E-state index is -0.530. The van der Waals surface area contributed by atoms with Crippen molar-refractivity contribution in [2.24, 2.45) is 17.8 Å². The van der Waals surface area contributed by atoms with Crippen molar-refractivity contribution in [3.05, 3.63) is 23.8 Å². The highest BCUT2D eigenvalue weighted by atomic mass is 16.7. The fraction of sp³-hybridized carbons (Fsp3) is 0.684. The van der Waals surface area contributed by atoms with Gasteiger partial charge >= 0.3 is 0 Å². The summed E-state index contributed by atoms with van der Waals surface area (Å²) >= 11 is 0. The SMILES string of the molecule is CC(Cc1ccc2c(c1)OCO2)CN1C[C@H]2C[C@H](O)[C@H](O)C[C@H]2C1. The molecule has 1 aromatic carbocycles. The van der Waals surface area contributed by atoms with Gasteiger partial charge in [-0.15, -0.1) is 0 Å². The van der Waals surface area contributed by atoms with Gasteiger partial charge in [-0.1, -0.05) is 13.0 Å². The lowest BCUT2D eigenvalue weighted by Gasteiger charge is -2.32. The monoisotopic (exact) mass is 333 g/mol. The number of rotatable bonds is 4. The summed E-state index contributed by atoms with van der Waals surface area (Å²) < 4.78 is 10.8. The lowest BCUT2D eigenvalue weighted by Crippen LogP contribution is -2.38. The molecule has 0 amide bonds. The molecule has 1 unspecified atom stereocenters. The van der Waals surface area contributed by atoms with Crippen molar-refractivity contribution in [2.45, 2.75) is 38.4 Å². The maximum absolute atomic E-state index is 9.87. The Hall–Kier alpha value is -1.30. The van der Waals surface area contributed by atoms with Crippen molar-refractivity contribution in [3.63, 3.8) is 0 Å². The largest absolute Gasteiger partial charge is 0.454 e. The molecule has 2 fully saturated rings. The summed E-state index contributed by atoms with van der Waals surface area (Å²) in [7, 11) is 0. The molecular formula is C19H27NO4. The summed E-state index contributed by atoms with van der Waals surface area (Å²) in [6.45, 7) is 5.78. The molecule has 4 rings (SSSR count). The van der Waals surface area contributed by atoms with Gasteiger partial charge in [-0.2, -0.15) is 0 Å². The van der Waals surface area contributed by atoms with Gasteiger partial charge in [0.25, 0.3) is 0 Å². The van der Waals surface area contributed by atoms with Crippen LogP contribution in [0.4, 0.5) is 0 Å². The first-order valence-electron chi connectivity index (χ1n) is 9.05. The second kappa shape index (κ2) is 6.54. The van der Waals surface area contributed by atoms with Crippen LogP contribution in [0.1, 0.15) is 25.3 Å². The van der Waals surface area contributed by atoms with Crippen LogP contribution in [-0.2, 0) is 6.42 Å². The third kappa shape index (κ3) is 3.25. The number of nitrogens with zero attached hydrogens (tertiary/aromatic N) is 1. The van der Waals surface area contributed by atoms with Crippen molar-refractivity contribution in [1.29, 1.82) is 0 Å². The number of hydrogen-bond donors (Lipinski definition) is 2. The zero-order valence-corrected chi connectivity index (χ0v) is 14.2. The number of ether oxygens (including phenoxy) is 2. The van der Waals surface area contributed by atoms with Crippen LogP contribution in [0.3, 0.4) is 0 Å². The molecule has 2 heterocycles. The van der Waals surface area contributed by atoms with Gasteiger partial charge in [-0.05, 0) is 54.7 Å². The van der Waals surface area contributed by atoms with Gasteiger partial charge in [-0.3, -0.25) is 0 Å². The molecular weight excluding hydrogens is 306 g/mol. The van der Waals surface area contributed by atoms with E-state index in [0.717, 1.165) is 50.4 Å². The number of likely N-dealkylation sites (tertiary alicyclic amines) is 1. The Balaban J connectivity index is 1.31. The highest BCUT2D eigenvalue weighted by molar-refractivity contribution is 5.44. The van der Waals surface area contributed by atoms with E-state index in [4.69, 9.17) is 9.47 Å². The van der Waals surface area contributed by atoms with Crippen LogP contribution >= 0.6 is 0 Å². The van der Waals surface area contributed by atoms with Crippen LogP contribution in [0.5, 0.6) is 11.5 Å². The molecule has 0 aromatic heterocycles. The van der Waals surface area contributed by atoms with Crippen molar-refractivity contribution in [3.8, 4) is 11.5 Å². The van der Waals surface area contributed by atoms with E-state index < -0.39 is 12.2 Å². The summed E-state index contributed by atoms with van der Waals surface area (Å²) in [6, 6.07) is 6.22. The zero-order valence-electron chi connectivity index (χ0n) is 14.2. The number of fused-ring (bicyclic) bond motifs is 2. The van der Waals surface area contributed by atoms with Gasteiger partial charge in [0.15, 0.2) is 11.5 Å². The zero-order chi connectivity index (χ0) is 16.7. The maximum Gasteiger partial charge on any atom is 0.231 e. The first-order valence-corrected chi connectivity index (χ1v) is 9.05. The molecule has 5 nitrogen and oxygen atoms in total. The fourth-order valence-electron chi connectivity index (χ4n) is 4.63. The highest BCUT2D eigenvalue weighted by Crippen LogP contribution is 2.37. The Kier molecular flexibility index (Phi) is 4.41. The summed E-state index contributed by atoms with van der Waals surface area (Å²) in [5, 5.41) is 19.7. The van der Waals surface area contributed by atoms with Crippen molar-refractivity contribution in [2.75, 3.05) is 26.4 Å². The van der Waals surface area contributed by atoms with E-state index in [2.05, 4.69) is 24.0 Å². The van der Waals surface area contributed by atoms with E-state index in [9.17, 15) is 10.2 Å². The summed E-state index contributed by atoms with van der Waals surface area (Å²) in [6.07, 6.45) is 1.46. The molecule has 132 valence electrons. The average Bonchev–Trinajstić information content (AvgIpc) is 3.13. The third-order valence-corrected chi connectivity index (χ3v) is 5.78. The van der Waals surface area contributed by atoms with Gasteiger partial charge in [0.2, 0.25) is 6.79 Å². The lowest BCUT2D eigenvalue weighted by molar-refractivity contribution is -0.0372. The molecule has 24 heavy (non-hydrogen) atoms. The van der Waals surface area contributed by atoms with Gasteiger partial charge < -0.3 is 24.6 Å². The number of aliphatic hydroxyl groups is 2. The van der Waals surface area contributed by atoms with Gasteiger partial charge in [0.05, 0.1) is 12.2 Å². The van der Waals surface area contributed by atoms with Crippen LogP contribution in [0, 0.1) is 17.8 Å². The number of hydrogen-bond acceptors (Lipinski definition) is 5. The third-order valence-electron chi connectivity index (χ3n) is 5.78. The van der Waals surface area contributed by atoms with Gasteiger partial charge in [0, 0.05) is 19.6 Å². The molecule has 1 saturated carbocycles. The molecule has 0 bridgehead atoms. The van der Waals surface area contributed by atoms with Crippen LogP contribution in [0.2, 0.25) is 0 Å². The molecule has 1 aromatic rings. The lowest BCUT2D eigenvalue weighted by atomic mass is 9.79. The summed E-state index contributed by atoms with van der Waals surface area (Å²) in [5.41, 5.74) is 1.29. The maximum atomic E-state index is 9.87. The van der Waals surface area contributed by atoms with E-state index in [1.54, 1.807) is 0 Å². The van der Waals surface area contributed by atoms with Gasteiger partial charge in [0.1, 0.15) is 0 Å². The molecule has 0 spiro atoms. The second-order valence-electron chi connectivity index (χ2n) is 7.84. The molecule has 2 aliphatic heterocycles. The van der Waals surface area contributed by atoms with E-state index in [0.29, 0.717) is 24.5 Å². The Morgan fingerprint density at radius 1 is 1.08 bits per heavy atom. The predicted octanol–water partition coefficient (Wildman–Crippen LogP) is 1.66. The summed E-state index contributed by atoms with van der Waals surface area (Å²) in [5.74, 6) is 3.34. The second-order valence-corrected chi connectivity index (χ2v) is 7.84. The van der Waals surface area contributed by atoms with Crippen LogP contribution in [0.25, 0.3) is 0 Å². The topological polar surface area (TPSA) is 62.2 Å². The first kappa shape index (κ1) is 16.2. The first-order chi connectivity index (χ1) is 11.6. The minimum absolute atomic E-state index is 0.322. The predicted molar refractivity (Wildman–Crippen MR) is 90.1 cm³/mol. The van der Waals surface area contributed by atoms with Crippen molar-refractivity contribution < 1.29 is 19.7 Å². The molecule has 3 aliphatic rings. The molecule has 5 heteroatoms. The van der Waals surface area contributed by atoms with E-state index in [-0.39, 0.29) is 0 Å². The van der Waals surface area contributed by atoms with E-state index >= 15 is 0 Å².